The molecule has 130 valence electrons. The molecule has 6 heteroatoms. The molecule has 0 unspecified atom stereocenters. The SMILES string of the molecule is O=C1N[C@@H](c2ccc(OC[C@H]3COCCO3)cc2)Oc2ccccc21. The van der Waals surface area contributed by atoms with Gasteiger partial charge in [-0.15, -0.1) is 0 Å². The molecule has 6 nitrogen and oxygen atoms in total. The summed E-state index contributed by atoms with van der Waals surface area (Å²) in [5.41, 5.74) is 1.40. The average Bonchev–Trinajstić information content (AvgIpc) is 2.68. The normalized spacial score (nSPS) is 22.5. The van der Waals surface area contributed by atoms with Gasteiger partial charge >= 0.3 is 0 Å². The zero-order valence-corrected chi connectivity index (χ0v) is 13.6. The first-order valence-electron chi connectivity index (χ1n) is 8.28. The molecule has 4 rings (SSSR count). The number of rotatable bonds is 4. The van der Waals surface area contributed by atoms with E-state index in [1.165, 1.54) is 0 Å². The highest BCUT2D eigenvalue weighted by atomic mass is 16.6. The Kier molecular flexibility index (Phi) is 4.54. The van der Waals surface area contributed by atoms with Crippen molar-refractivity contribution in [3.63, 3.8) is 0 Å². The van der Waals surface area contributed by atoms with Crippen molar-refractivity contribution in [3.8, 4) is 11.5 Å². The van der Waals surface area contributed by atoms with Crippen molar-refractivity contribution in [2.45, 2.75) is 12.3 Å². The van der Waals surface area contributed by atoms with E-state index in [4.69, 9.17) is 18.9 Å². The quantitative estimate of drug-likeness (QED) is 0.924. The van der Waals surface area contributed by atoms with E-state index in [1.54, 1.807) is 12.1 Å². The van der Waals surface area contributed by atoms with Gasteiger partial charge in [0.25, 0.3) is 5.91 Å². The molecule has 25 heavy (non-hydrogen) atoms. The molecular formula is C19H19NO5. The average molecular weight is 341 g/mol. The monoisotopic (exact) mass is 341 g/mol. The third kappa shape index (κ3) is 3.60. The number of hydrogen-bond donors (Lipinski definition) is 1. The highest BCUT2D eigenvalue weighted by Gasteiger charge is 2.26. The van der Waals surface area contributed by atoms with E-state index in [0.717, 1.165) is 11.3 Å². The van der Waals surface area contributed by atoms with Crippen LogP contribution in [0.2, 0.25) is 0 Å². The maximum atomic E-state index is 12.2. The molecule has 0 spiro atoms. The van der Waals surface area contributed by atoms with E-state index in [2.05, 4.69) is 5.32 Å². The molecule has 1 N–H and O–H groups in total. The van der Waals surface area contributed by atoms with Crippen molar-refractivity contribution in [1.82, 2.24) is 5.32 Å². The van der Waals surface area contributed by atoms with Gasteiger partial charge in [0.15, 0.2) is 6.23 Å². The van der Waals surface area contributed by atoms with Gasteiger partial charge in [0, 0.05) is 5.56 Å². The summed E-state index contributed by atoms with van der Waals surface area (Å²) in [4.78, 5) is 12.2. The van der Waals surface area contributed by atoms with E-state index in [1.807, 2.05) is 36.4 Å². The molecule has 2 aromatic carbocycles. The zero-order chi connectivity index (χ0) is 17.1. The van der Waals surface area contributed by atoms with Gasteiger partial charge in [0.05, 0.1) is 25.4 Å². The maximum absolute atomic E-state index is 12.2. The molecule has 2 heterocycles. The van der Waals surface area contributed by atoms with Crippen LogP contribution in [0.5, 0.6) is 11.5 Å². The van der Waals surface area contributed by atoms with Gasteiger partial charge in [0.1, 0.15) is 24.2 Å². The fourth-order valence-corrected chi connectivity index (χ4v) is 2.82. The largest absolute Gasteiger partial charge is 0.491 e. The second kappa shape index (κ2) is 7.13. The van der Waals surface area contributed by atoms with Gasteiger partial charge in [-0.3, -0.25) is 4.79 Å². The van der Waals surface area contributed by atoms with Crippen LogP contribution in [0.25, 0.3) is 0 Å². The Hall–Kier alpha value is -2.57. The summed E-state index contributed by atoms with van der Waals surface area (Å²) in [5.74, 6) is 1.19. The van der Waals surface area contributed by atoms with Crippen LogP contribution in [-0.2, 0) is 9.47 Å². The van der Waals surface area contributed by atoms with Gasteiger partial charge < -0.3 is 24.3 Å². The molecule has 0 bridgehead atoms. The van der Waals surface area contributed by atoms with E-state index in [-0.39, 0.29) is 12.0 Å². The van der Waals surface area contributed by atoms with Crippen molar-refractivity contribution < 1.29 is 23.7 Å². The maximum Gasteiger partial charge on any atom is 0.258 e. The van der Waals surface area contributed by atoms with Crippen molar-refractivity contribution in [2.75, 3.05) is 26.4 Å². The standard InChI is InChI=1S/C19H19NO5/c21-18-16-3-1-2-4-17(16)25-19(20-18)13-5-7-14(8-6-13)24-12-15-11-22-9-10-23-15/h1-8,15,19H,9-12H2,(H,20,21)/t15-,19-/m1/s1. The molecular weight excluding hydrogens is 322 g/mol. The third-order valence-electron chi connectivity index (χ3n) is 4.14. The highest BCUT2D eigenvalue weighted by molar-refractivity contribution is 5.97. The van der Waals surface area contributed by atoms with Crippen molar-refractivity contribution in [2.24, 2.45) is 0 Å². The molecule has 2 aliphatic rings. The number of carbonyl (C=O) groups excluding carboxylic acids is 1. The smallest absolute Gasteiger partial charge is 0.258 e. The Morgan fingerprint density at radius 3 is 2.72 bits per heavy atom. The Balaban J connectivity index is 1.40. The highest BCUT2D eigenvalue weighted by Crippen LogP contribution is 2.29. The minimum Gasteiger partial charge on any atom is -0.491 e. The number of fused-ring (bicyclic) bond motifs is 1. The summed E-state index contributed by atoms with van der Waals surface area (Å²) in [6, 6.07) is 14.7. The Morgan fingerprint density at radius 1 is 1.08 bits per heavy atom. The van der Waals surface area contributed by atoms with Crippen LogP contribution >= 0.6 is 0 Å². The van der Waals surface area contributed by atoms with Gasteiger partial charge in [-0.2, -0.15) is 0 Å². The van der Waals surface area contributed by atoms with Gasteiger partial charge in [0.2, 0.25) is 0 Å². The van der Waals surface area contributed by atoms with Crippen LogP contribution in [0.4, 0.5) is 0 Å². The second-order valence-electron chi connectivity index (χ2n) is 5.92. The number of para-hydroxylation sites is 1. The summed E-state index contributed by atoms with van der Waals surface area (Å²) >= 11 is 0. The first kappa shape index (κ1) is 15.9. The van der Waals surface area contributed by atoms with E-state index in [9.17, 15) is 4.79 Å². The molecule has 0 aliphatic carbocycles. The van der Waals surface area contributed by atoms with Gasteiger partial charge in [-0.05, 0) is 36.4 Å². The van der Waals surface area contributed by atoms with Crippen molar-refractivity contribution in [3.05, 3.63) is 59.7 Å². The molecule has 0 aromatic heterocycles. The molecule has 1 amide bonds. The summed E-state index contributed by atoms with van der Waals surface area (Å²) < 4.78 is 22.5. The lowest BCUT2D eigenvalue weighted by Crippen LogP contribution is -2.36. The van der Waals surface area contributed by atoms with E-state index < -0.39 is 6.23 Å². The number of carbonyl (C=O) groups is 1. The van der Waals surface area contributed by atoms with Crippen molar-refractivity contribution in [1.29, 1.82) is 0 Å². The minimum absolute atomic E-state index is 0.0362. The minimum atomic E-state index is -0.508. The number of benzene rings is 2. The molecule has 2 aromatic rings. The summed E-state index contributed by atoms with van der Waals surface area (Å²) in [6.45, 7) is 2.25. The predicted molar refractivity (Wildman–Crippen MR) is 89.8 cm³/mol. The van der Waals surface area contributed by atoms with E-state index >= 15 is 0 Å². The van der Waals surface area contributed by atoms with Crippen LogP contribution in [0, 0.1) is 0 Å². The Bertz CT molecular complexity index is 740. The first-order chi connectivity index (χ1) is 12.3. The molecule has 1 saturated heterocycles. The van der Waals surface area contributed by atoms with Crippen LogP contribution in [0.3, 0.4) is 0 Å². The lowest BCUT2D eigenvalue weighted by atomic mass is 10.1. The fourth-order valence-electron chi connectivity index (χ4n) is 2.82. The number of amides is 1. The lowest BCUT2D eigenvalue weighted by Gasteiger charge is -2.27. The molecule has 0 radical (unpaired) electrons. The third-order valence-corrected chi connectivity index (χ3v) is 4.14. The summed E-state index contributed by atoms with van der Waals surface area (Å²) in [7, 11) is 0. The van der Waals surface area contributed by atoms with Crippen LogP contribution in [0.15, 0.2) is 48.5 Å². The fraction of sp³-hybridized carbons (Fsp3) is 0.316. The topological polar surface area (TPSA) is 66.0 Å². The van der Waals surface area contributed by atoms with Gasteiger partial charge in [-0.1, -0.05) is 12.1 Å². The van der Waals surface area contributed by atoms with Crippen LogP contribution in [0.1, 0.15) is 22.1 Å². The van der Waals surface area contributed by atoms with Crippen LogP contribution < -0.4 is 14.8 Å². The Labute approximate surface area is 145 Å². The predicted octanol–water partition coefficient (Wildman–Crippen LogP) is 2.30. The van der Waals surface area contributed by atoms with Crippen LogP contribution in [-0.4, -0.2) is 38.4 Å². The first-order valence-corrected chi connectivity index (χ1v) is 8.28. The number of ether oxygens (including phenoxy) is 4. The summed E-state index contributed by atoms with van der Waals surface area (Å²) in [6.07, 6.45) is -0.544. The number of nitrogens with one attached hydrogen (secondary N) is 1. The summed E-state index contributed by atoms with van der Waals surface area (Å²) in [5, 5.41) is 2.85. The van der Waals surface area contributed by atoms with Crippen molar-refractivity contribution >= 4 is 5.91 Å². The second-order valence-corrected chi connectivity index (χ2v) is 5.92. The molecule has 0 saturated carbocycles. The lowest BCUT2D eigenvalue weighted by molar-refractivity contribution is -0.101. The molecule has 1 fully saturated rings. The molecule has 2 aliphatic heterocycles. The van der Waals surface area contributed by atoms with E-state index in [0.29, 0.717) is 37.7 Å². The number of hydrogen-bond acceptors (Lipinski definition) is 5. The Morgan fingerprint density at radius 2 is 1.92 bits per heavy atom. The zero-order valence-electron chi connectivity index (χ0n) is 13.6. The molecule has 2 atom stereocenters. The van der Waals surface area contributed by atoms with Gasteiger partial charge in [-0.25, -0.2) is 0 Å².